The minimum Gasteiger partial charge on any atom is -0.381 e. The average molecular weight is 251 g/mol. The van der Waals surface area contributed by atoms with Crippen molar-refractivity contribution in [3.63, 3.8) is 0 Å². The molecule has 2 heterocycles. The van der Waals surface area contributed by atoms with E-state index in [9.17, 15) is 4.79 Å². The van der Waals surface area contributed by atoms with Gasteiger partial charge in [-0.15, -0.1) is 0 Å². The lowest BCUT2D eigenvalue weighted by Crippen LogP contribution is -2.26. The minimum atomic E-state index is 0.140. The fourth-order valence-corrected chi connectivity index (χ4v) is 2.15. The molecule has 1 N–H and O–H groups in total. The Balaban J connectivity index is 1.49. The first kappa shape index (κ1) is 13.1. The molecular formula is C13H21N3O2. The maximum atomic E-state index is 11.6. The van der Waals surface area contributed by atoms with Gasteiger partial charge in [-0.1, -0.05) is 0 Å². The number of aryl methyl sites for hydroxylation is 1. The Morgan fingerprint density at radius 1 is 1.56 bits per heavy atom. The second-order valence-corrected chi connectivity index (χ2v) is 4.74. The van der Waals surface area contributed by atoms with Gasteiger partial charge in [0, 0.05) is 45.1 Å². The van der Waals surface area contributed by atoms with E-state index < -0.39 is 0 Å². The highest BCUT2D eigenvalue weighted by molar-refractivity contribution is 5.75. The number of hydrogen-bond donors (Lipinski definition) is 1. The molecule has 0 aromatic carbocycles. The Morgan fingerprint density at radius 2 is 2.50 bits per heavy atom. The molecule has 100 valence electrons. The Kier molecular flexibility index (Phi) is 5.20. The third-order valence-electron chi connectivity index (χ3n) is 3.25. The zero-order valence-electron chi connectivity index (χ0n) is 10.7. The van der Waals surface area contributed by atoms with Gasteiger partial charge in [0.2, 0.25) is 5.91 Å². The van der Waals surface area contributed by atoms with Crippen LogP contribution >= 0.6 is 0 Å². The monoisotopic (exact) mass is 251 g/mol. The number of amides is 1. The molecule has 1 saturated heterocycles. The number of hydrogen-bond acceptors (Lipinski definition) is 3. The third kappa shape index (κ3) is 4.49. The normalized spacial score (nSPS) is 19.0. The first-order valence-corrected chi connectivity index (χ1v) is 6.66. The van der Waals surface area contributed by atoms with Gasteiger partial charge in [0.15, 0.2) is 0 Å². The zero-order valence-corrected chi connectivity index (χ0v) is 10.7. The van der Waals surface area contributed by atoms with E-state index in [1.807, 2.05) is 16.9 Å². The Morgan fingerprint density at radius 3 is 3.22 bits per heavy atom. The van der Waals surface area contributed by atoms with Crippen LogP contribution in [0.4, 0.5) is 0 Å². The molecule has 5 nitrogen and oxygen atoms in total. The molecule has 0 radical (unpaired) electrons. The molecule has 1 aliphatic heterocycles. The summed E-state index contributed by atoms with van der Waals surface area (Å²) >= 11 is 0. The number of nitrogens with zero attached hydrogens (tertiary/aromatic N) is 2. The van der Waals surface area contributed by atoms with Crippen LogP contribution in [0.3, 0.4) is 0 Å². The van der Waals surface area contributed by atoms with Crippen molar-refractivity contribution in [3.8, 4) is 0 Å². The fraction of sp³-hybridized carbons (Fsp3) is 0.692. The number of carbonyl (C=O) groups excluding carboxylic acids is 1. The topological polar surface area (TPSA) is 56.2 Å². The predicted octanol–water partition coefficient (Wildman–Crippen LogP) is 1.21. The van der Waals surface area contributed by atoms with E-state index in [4.69, 9.17) is 4.74 Å². The summed E-state index contributed by atoms with van der Waals surface area (Å²) in [5.41, 5.74) is 0. The fourth-order valence-electron chi connectivity index (χ4n) is 2.15. The van der Waals surface area contributed by atoms with Crippen LogP contribution in [0.15, 0.2) is 18.5 Å². The Labute approximate surface area is 108 Å². The summed E-state index contributed by atoms with van der Waals surface area (Å²) in [6, 6.07) is 1.89. The van der Waals surface area contributed by atoms with Crippen LogP contribution < -0.4 is 5.32 Å². The number of carbonyl (C=O) groups is 1. The summed E-state index contributed by atoms with van der Waals surface area (Å²) in [5.74, 6) is 0.774. The van der Waals surface area contributed by atoms with Crippen molar-refractivity contribution in [2.75, 3.05) is 19.8 Å². The van der Waals surface area contributed by atoms with E-state index in [0.717, 1.165) is 45.6 Å². The first-order valence-electron chi connectivity index (χ1n) is 6.66. The molecule has 0 saturated carbocycles. The molecule has 1 aromatic heterocycles. The molecule has 18 heavy (non-hydrogen) atoms. The highest BCUT2D eigenvalue weighted by Gasteiger charge is 2.15. The standard InChI is InChI=1S/C13H21N3O2/c17-13(3-1-8-16-9-2-6-15-16)14-7-4-12-5-10-18-11-12/h2,6,9,12H,1,3-5,7-8,10-11H2,(H,14,17)/t12-/m1/s1. The second kappa shape index (κ2) is 7.16. The van der Waals surface area contributed by atoms with Crippen molar-refractivity contribution >= 4 is 5.91 Å². The third-order valence-corrected chi connectivity index (χ3v) is 3.25. The van der Waals surface area contributed by atoms with E-state index in [2.05, 4.69) is 10.4 Å². The van der Waals surface area contributed by atoms with Crippen LogP contribution in [0.25, 0.3) is 0 Å². The zero-order chi connectivity index (χ0) is 12.6. The van der Waals surface area contributed by atoms with Gasteiger partial charge in [-0.2, -0.15) is 5.10 Å². The van der Waals surface area contributed by atoms with E-state index in [-0.39, 0.29) is 5.91 Å². The highest BCUT2D eigenvalue weighted by atomic mass is 16.5. The molecule has 2 rings (SSSR count). The predicted molar refractivity (Wildman–Crippen MR) is 68.0 cm³/mol. The first-order chi connectivity index (χ1) is 8.84. The van der Waals surface area contributed by atoms with Crippen molar-refractivity contribution < 1.29 is 9.53 Å². The van der Waals surface area contributed by atoms with Crippen molar-refractivity contribution in [1.29, 1.82) is 0 Å². The molecule has 0 aliphatic carbocycles. The quantitative estimate of drug-likeness (QED) is 0.792. The minimum absolute atomic E-state index is 0.140. The molecule has 5 heteroatoms. The van der Waals surface area contributed by atoms with Crippen molar-refractivity contribution in [2.24, 2.45) is 5.92 Å². The summed E-state index contributed by atoms with van der Waals surface area (Å²) in [6.07, 6.45) is 7.24. The van der Waals surface area contributed by atoms with E-state index in [1.54, 1.807) is 6.20 Å². The van der Waals surface area contributed by atoms with E-state index in [1.165, 1.54) is 0 Å². The number of aromatic nitrogens is 2. The van der Waals surface area contributed by atoms with Crippen molar-refractivity contribution in [2.45, 2.75) is 32.2 Å². The van der Waals surface area contributed by atoms with Gasteiger partial charge in [0.25, 0.3) is 0 Å². The number of ether oxygens (including phenoxy) is 1. The van der Waals surface area contributed by atoms with Crippen molar-refractivity contribution in [3.05, 3.63) is 18.5 Å². The number of rotatable bonds is 7. The van der Waals surface area contributed by atoms with E-state index in [0.29, 0.717) is 12.3 Å². The molecule has 0 bridgehead atoms. The molecule has 0 spiro atoms. The molecule has 1 fully saturated rings. The van der Waals surface area contributed by atoms with Crippen molar-refractivity contribution in [1.82, 2.24) is 15.1 Å². The van der Waals surface area contributed by atoms with Crippen LogP contribution in [0.5, 0.6) is 0 Å². The SMILES string of the molecule is O=C(CCCn1cccn1)NCC[C@@H]1CCOC1. The number of nitrogens with one attached hydrogen (secondary N) is 1. The maximum absolute atomic E-state index is 11.6. The molecular weight excluding hydrogens is 230 g/mol. The highest BCUT2D eigenvalue weighted by Crippen LogP contribution is 2.15. The lowest BCUT2D eigenvalue weighted by Gasteiger charge is -2.08. The van der Waals surface area contributed by atoms with E-state index >= 15 is 0 Å². The summed E-state index contributed by atoms with van der Waals surface area (Å²) in [5, 5.41) is 7.06. The Bertz CT molecular complexity index is 345. The van der Waals surface area contributed by atoms with Gasteiger partial charge < -0.3 is 10.1 Å². The van der Waals surface area contributed by atoms with Crippen LogP contribution in [-0.4, -0.2) is 35.4 Å². The van der Waals surface area contributed by atoms with Crippen LogP contribution in [0, 0.1) is 5.92 Å². The lowest BCUT2D eigenvalue weighted by atomic mass is 10.1. The van der Waals surface area contributed by atoms with Gasteiger partial charge >= 0.3 is 0 Å². The lowest BCUT2D eigenvalue weighted by molar-refractivity contribution is -0.121. The Hall–Kier alpha value is -1.36. The van der Waals surface area contributed by atoms with Crippen LogP contribution in [0.1, 0.15) is 25.7 Å². The second-order valence-electron chi connectivity index (χ2n) is 4.74. The molecule has 1 atom stereocenters. The van der Waals surface area contributed by atoms with Gasteiger partial charge in [-0.05, 0) is 31.2 Å². The van der Waals surface area contributed by atoms with Gasteiger partial charge in [0.05, 0.1) is 0 Å². The molecule has 1 amide bonds. The molecule has 1 aromatic rings. The smallest absolute Gasteiger partial charge is 0.220 e. The summed E-state index contributed by atoms with van der Waals surface area (Å²) < 4.78 is 7.15. The maximum Gasteiger partial charge on any atom is 0.220 e. The summed E-state index contributed by atoms with van der Waals surface area (Å²) in [7, 11) is 0. The van der Waals surface area contributed by atoms with Crippen LogP contribution in [-0.2, 0) is 16.1 Å². The molecule has 0 unspecified atom stereocenters. The summed E-state index contributed by atoms with van der Waals surface area (Å²) in [4.78, 5) is 11.6. The largest absolute Gasteiger partial charge is 0.381 e. The van der Waals surface area contributed by atoms with Crippen LogP contribution in [0.2, 0.25) is 0 Å². The summed E-state index contributed by atoms with van der Waals surface area (Å²) in [6.45, 7) is 3.31. The average Bonchev–Trinajstić information content (AvgIpc) is 3.01. The van der Waals surface area contributed by atoms with Gasteiger partial charge in [0.1, 0.15) is 0 Å². The van der Waals surface area contributed by atoms with Gasteiger partial charge in [-0.25, -0.2) is 0 Å². The molecule has 1 aliphatic rings. The van der Waals surface area contributed by atoms with Gasteiger partial charge in [-0.3, -0.25) is 9.48 Å².